The van der Waals surface area contributed by atoms with Gasteiger partial charge in [0.2, 0.25) is 0 Å². The van der Waals surface area contributed by atoms with Crippen molar-refractivity contribution in [2.24, 2.45) is 0 Å². The Kier molecular flexibility index (Phi) is 5.83. The van der Waals surface area contributed by atoms with Gasteiger partial charge in [-0.2, -0.15) is 0 Å². The van der Waals surface area contributed by atoms with Gasteiger partial charge in [-0.15, -0.1) is 0 Å². The van der Waals surface area contributed by atoms with Crippen molar-refractivity contribution in [1.29, 1.82) is 0 Å². The molecule has 0 fully saturated rings. The molecule has 2 aromatic rings. The molecule has 0 unspecified atom stereocenters. The van der Waals surface area contributed by atoms with Gasteiger partial charge in [0.1, 0.15) is 12.4 Å². The number of phenolic OH excluding ortho intramolecular Hbond substituents is 1. The molecule has 2 aromatic carbocycles. The molecule has 0 amide bonds. The SMILES string of the molecule is O=C(O)OCc1ccccc1.Oc1ccccc1. The second-order valence-electron chi connectivity index (χ2n) is 3.38. The number of ether oxygens (including phenoxy) is 1. The van der Waals surface area contributed by atoms with Gasteiger partial charge in [-0.05, 0) is 17.7 Å². The molecule has 0 bridgehead atoms. The van der Waals surface area contributed by atoms with Gasteiger partial charge in [-0.3, -0.25) is 0 Å². The van der Waals surface area contributed by atoms with Gasteiger partial charge >= 0.3 is 6.16 Å². The molecule has 0 radical (unpaired) electrons. The van der Waals surface area contributed by atoms with Crippen LogP contribution in [0.3, 0.4) is 0 Å². The molecule has 94 valence electrons. The monoisotopic (exact) mass is 246 g/mol. The number of aromatic hydroxyl groups is 1. The molecule has 0 saturated carbocycles. The maximum absolute atomic E-state index is 9.95. The summed E-state index contributed by atoms with van der Waals surface area (Å²) in [5.74, 6) is 0.322. The van der Waals surface area contributed by atoms with E-state index in [-0.39, 0.29) is 6.61 Å². The molecule has 2 N–H and O–H groups in total. The summed E-state index contributed by atoms with van der Waals surface area (Å²) < 4.78 is 4.34. The molecule has 0 aliphatic carbocycles. The second-order valence-corrected chi connectivity index (χ2v) is 3.38. The van der Waals surface area contributed by atoms with Crippen molar-refractivity contribution in [2.45, 2.75) is 6.61 Å². The van der Waals surface area contributed by atoms with Crippen LogP contribution in [0.1, 0.15) is 5.56 Å². The predicted octanol–water partition coefficient (Wildman–Crippen LogP) is 3.27. The molecule has 0 saturated heterocycles. The van der Waals surface area contributed by atoms with E-state index in [0.717, 1.165) is 5.56 Å². The van der Waals surface area contributed by atoms with Crippen molar-refractivity contribution in [3.05, 3.63) is 66.2 Å². The molecular weight excluding hydrogens is 232 g/mol. The molecule has 0 atom stereocenters. The first-order valence-corrected chi connectivity index (χ1v) is 5.32. The van der Waals surface area contributed by atoms with Crippen LogP contribution in [-0.2, 0) is 11.3 Å². The zero-order valence-electron chi connectivity index (χ0n) is 9.69. The predicted molar refractivity (Wildman–Crippen MR) is 67.4 cm³/mol. The highest BCUT2D eigenvalue weighted by Crippen LogP contribution is 2.02. The number of carboxylic acid groups (broad SMARTS) is 1. The third-order valence-electron chi connectivity index (χ3n) is 1.96. The van der Waals surface area contributed by atoms with Crippen molar-refractivity contribution in [3.63, 3.8) is 0 Å². The number of carbonyl (C=O) groups is 1. The number of hydrogen-bond acceptors (Lipinski definition) is 3. The number of rotatable bonds is 2. The van der Waals surface area contributed by atoms with Crippen LogP contribution in [0.25, 0.3) is 0 Å². The summed E-state index contributed by atoms with van der Waals surface area (Å²) in [6, 6.07) is 17.9. The van der Waals surface area contributed by atoms with Gasteiger partial charge in [0, 0.05) is 0 Å². The fraction of sp³-hybridized carbons (Fsp3) is 0.0714. The minimum atomic E-state index is -1.24. The van der Waals surface area contributed by atoms with Gasteiger partial charge in [0.05, 0.1) is 0 Å². The van der Waals surface area contributed by atoms with Crippen molar-refractivity contribution in [2.75, 3.05) is 0 Å². The first-order valence-electron chi connectivity index (χ1n) is 5.32. The average molecular weight is 246 g/mol. The molecule has 0 aliphatic heterocycles. The average Bonchev–Trinajstić information content (AvgIpc) is 2.39. The third kappa shape index (κ3) is 6.17. The first kappa shape index (κ1) is 13.6. The number of hydrogen-bond donors (Lipinski definition) is 2. The lowest BCUT2D eigenvalue weighted by Gasteiger charge is -1.98. The number of para-hydroxylation sites is 1. The highest BCUT2D eigenvalue weighted by atomic mass is 16.7. The molecule has 0 heterocycles. The molecule has 18 heavy (non-hydrogen) atoms. The van der Waals surface area contributed by atoms with Gasteiger partial charge in [-0.25, -0.2) is 4.79 Å². The number of phenols is 1. The Morgan fingerprint density at radius 1 is 0.944 bits per heavy atom. The highest BCUT2D eigenvalue weighted by molar-refractivity contribution is 5.56. The van der Waals surface area contributed by atoms with Crippen LogP contribution >= 0.6 is 0 Å². The second kappa shape index (κ2) is 7.73. The lowest BCUT2D eigenvalue weighted by atomic mass is 10.2. The van der Waals surface area contributed by atoms with E-state index in [0.29, 0.717) is 5.75 Å². The Morgan fingerprint density at radius 3 is 1.83 bits per heavy atom. The van der Waals surface area contributed by atoms with Gasteiger partial charge < -0.3 is 14.9 Å². The summed E-state index contributed by atoms with van der Waals surface area (Å²) in [6.07, 6.45) is -1.24. The van der Waals surface area contributed by atoms with E-state index in [4.69, 9.17) is 10.2 Å². The van der Waals surface area contributed by atoms with E-state index in [2.05, 4.69) is 4.74 Å². The summed E-state index contributed by atoms with van der Waals surface area (Å²) in [6.45, 7) is 0.121. The Bertz CT molecular complexity index is 454. The fourth-order valence-electron chi connectivity index (χ4n) is 1.15. The quantitative estimate of drug-likeness (QED) is 0.798. The van der Waals surface area contributed by atoms with Crippen LogP contribution in [0.5, 0.6) is 5.75 Å². The van der Waals surface area contributed by atoms with Crippen molar-refractivity contribution in [1.82, 2.24) is 0 Å². The minimum absolute atomic E-state index is 0.121. The van der Waals surface area contributed by atoms with E-state index >= 15 is 0 Å². The summed E-state index contributed by atoms with van der Waals surface area (Å²) in [5, 5.41) is 16.8. The molecule has 4 nitrogen and oxygen atoms in total. The van der Waals surface area contributed by atoms with Gasteiger partial charge in [-0.1, -0.05) is 48.5 Å². The topological polar surface area (TPSA) is 66.8 Å². The fourth-order valence-corrected chi connectivity index (χ4v) is 1.15. The molecule has 4 heteroatoms. The molecular formula is C14H14O4. The molecule has 0 aliphatic rings. The summed E-state index contributed by atoms with van der Waals surface area (Å²) in [5.41, 5.74) is 0.856. The minimum Gasteiger partial charge on any atom is -0.508 e. The van der Waals surface area contributed by atoms with Crippen molar-refractivity contribution >= 4 is 6.16 Å². The van der Waals surface area contributed by atoms with Crippen LogP contribution in [0.15, 0.2) is 60.7 Å². The summed E-state index contributed by atoms with van der Waals surface area (Å²) in [7, 11) is 0. The van der Waals surface area contributed by atoms with Crippen LogP contribution in [0, 0.1) is 0 Å². The van der Waals surface area contributed by atoms with Gasteiger partial charge in [0.25, 0.3) is 0 Å². The Labute approximate surface area is 105 Å². The normalized spacial score (nSPS) is 8.89. The Hall–Kier alpha value is -2.49. The van der Waals surface area contributed by atoms with E-state index in [1.807, 2.05) is 36.4 Å². The summed E-state index contributed by atoms with van der Waals surface area (Å²) >= 11 is 0. The Morgan fingerprint density at radius 2 is 1.44 bits per heavy atom. The van der Waals surface area contributed by atoms with E-state index in [1.165, 1.54) is 0 Å². The molecule has 0 aromatic heterocycles. The largest absolute Gasteiger partial charge is 0.508 e. The van der Waals surface area contributed by atoms with Crippen molar-refractivity contribution < 1.29 is 19.7 Å². The van der Waals surface area contributed by atoms with Gasteiger partial charge in [0.15, 0.2) is 0 Å². The zero-order valence-corrected chi connectivity index (χ0v) is 9.69. The smallest absolute Gasteiger partial charge is 0.506 e. The maximum atomic E-state index is 9.95. The van der Waals surface area contributed by atoms with Crippen LogP contribution < -0.4 is 0 Å². The van der Waals surface area contributed by atoms with Crippen LogP contribution in [0.2, 0.25) is 0 Å². The highest BCUT2D eigenvalue weighted by Gasteiger charge is 1.95. The van der Waals surface area contributed by atoms with Crippen LogP contribution in [0.4, 0.5) is 4.79 Å². The molecule has 2 rings (SSSR count). The third-order valence-corrected chi connectivity index (χ3v) is 1.96. The molecule has 0 spiro atoms. The van der Waals surface area contributed by atoms with E-state index in [1.54, 1.807) is 24.3 Å². The van der Waals surface area contributed by atoms with E-state index in [9.17, 15) is 4.79 Å². The zero-order chi connectivity index (χ0) is 13.2. The maximum Gasteiger partial charge on any atom is 0.506 e. The summed E-state index contributed by atoms with van der Waals surface area (Å²) in [4.78, 5) is 9.95. The lowest BCUT2D eigenvalue weighted by Crippen LogP contribution is -1.99. The van der Waals surface area contributed by atoms with Crippen LogP contribution in [-0.4, -0.2) is 16.4 Å². The number of benzene rings is 2. The Balaban J connectivity index is 0.000000199. The first-order chi connectivity index (χ1) is 8.68. The standard InChI is InChI=1S/C8H8O3.C6H6O/c9-8(10)11-6-7-4-2-1-3-5-7;7-6-4-2-1-3-5-6/h1-5H,6H2,(H,9,10);1-5,7H. The van der Waals surface area contributed by atoms with Crippen molar-refractivity contribution in [3.8, 4) is 5.75 Å². The van der Waals surface area contributed by atoms with E-state index < -0.39 is 6.16 Å². The lowest BCUT2D eigenvalue weighted by molar-refractivity contribution is 0.0854.